The largest absolute Gasteiger partial charge is 0.294 e. The average molecular weight is 693 g/mol. The van der Waals surface area contributed by atoms with Crippen molar-refractivity contribution >= 4 is 64.3 Å². The Morgan fingerprint density at radius 2 is 0.811 bits per heavy atom. The van der Waals surface area contributed by atoms with Gasteiger partial charge in [-0.25, -0.2) is 0 Å². The van der Waals surface area contributed by atoms with Crippen molar-refractivity contribution in [2.75, 3.05) is 0 Å². The summed E-state index contributed by atoms with van der Waals surface area (Å²) in [6.45, 7) is 0. The fraction of sp³-hybridized carbons (Fsp3) is 0. The summed E-state index contributed by atoms with van der Waals surface area (Å²) in [5, 5.41) is 6.35. The molecule has 11 rings (SSSR count). The van der Waals surface area contributed by atoms with E-state index in [-0.39, 0.29) is 0 Å². The quantitative estimate of drug-likeness (QED) is 0.170. The first-order chi connectivity index (χ1) is 26.3. The Morgan fingerprint density at radius 1 is 0.340 bits per heavy atom. The molecule has 0 unspecified atom stereocenters. The lowest BCUT2D eigenvalue weighted by molar-refractivity contribution is 1.07. The van der Waals surface area contributed by atoms with Gasteiger partial charge >= 0.3 is 0 Å². The van der Waals surface area contributed by atoms with Crippen LogP contribution >= 0.6 is 11.3 Å². The standard InChI is InChI=1S/C50H32N2S/c1-5-16-33(17-6-1)38-24-13-28-42-46-43-29-14-25-39(35-30-31-45-44(32-35)41-27-15-26-40(49(41)53-45)34-18-7-2-8-19-34)48(43)52(37-22-11-4-12-23-37)50(46)51(47(38)42)36-20-9-3-10-21-36/h1-32H. The lowest BCUT2D eigenvalue weighted by atomic mass is 9.98. The van der Waals surface area contributed by atoms with Gasteiger partial charge in [-0.05, 0) is 58.7 Å². The lowest BCUT2D eigenvalue weighted by Gasteiger charge is -2.16. The molecule has 11 aromatic rings. The molecule has 3 heteroatoms. The van der Waals surface area contributed by atoms with Crippen molar-refractivity contribution in [3.05, 3.63) is 194 Å². The van der Waals surface area contributed by atoms with Crippen molar-refractivity contribution < 1.29 is 0 Å². The zero-order chi connectivity index (χ0) is 34.9. The van der Waals surface area contributed by atoms with Gasteiger partial charge in [-0.15, -0.1) is 11.3 Å². The maximum absolute atomic E-state index is 2.51. The number of fused-ring (bicyclic) bond motifs is 8. The van der Waals surface area contributed by atoms with Crippen LogP contribution in [0.15, 0.2) is 194 Å². The van der Waals surface area contributed by atoms with E-state index in [2.05, 4.69) is 203 Å². The van der Waals surface area contributed by atoms with E-state index >= 15 is 0 Å². The molecular weight excluding hydrogens is 661 g/mol. The third kappa shape index (κ3) is 4.58. The Kier molecular flexibility index (Phi) is 6.76. The first-order valence-electron chi connectivity index (χ1n) is 18.1. The molecule has 0 spiro atoms. The van der Waals surface area contributed by atoms with Crippen LogP contribution in [-0.2, 0) is 0 Å². The van der Waals surface area contributed by atoms with Gasteiger partial charge in [0.15, 0.2) is 0 Å². The maximum Gasteiger partial charge on any atom is 0.131 e. The van der Waals surface area contributed by atoms with Crippen molar-refractivity contribution in [2.24, 2.45) is 0 Å². The Labute approximate surface area is 311 Å². The van der Waals surface area contributed by atoms with Gasteiger partial charge in [0.1, 0.15) is 5.65 Å². The SMILES string of the molecule is c1ccc(-c2cccc3c2sc2ccc(-c4cccc5c6c7cccc(-c8ccccc8)c7n(-c7ccccc7)c6n(-c6ccccc6)c45)cc23)cc1. The summed E-state index contributed by atoms with van der Waals surface area (Å²) in [5.74, 6) is 0. The van der Waals surface area contributed by atoms with Gasteiger partial charge in [-0.2, -0.15) is 0 Å². The number of benzene rings is 8. The Hall–Kier alpha value is -6.68. The molecule has 53 heavy (non-hydrogen) atoms. The predicted molar refractivity (Wildman–Crippen MR) is 227 cm³/mol. The number of rotatable bonds is 5. The van der Waals surface area contributed by atoms with E-state index in [1.165, 1.54) is 80.7 Å². The molecule has 8 aromatic carbocycles. The van der Waals surface area contributed by atoms with Crippen molar-refractivity contribution in [3.8, 4) is 44.8 Å². The lowest BCUT2D eigenvalue weighted by Crippen LogP contribution is -2.02. The average Bonchev–Trinajstić information content (AvgIpc) is 3.89. The highest BCUT2D eigenvalue weighted by molar-refractivity contribution is 7.26. The fourth-order valence-electron chi connectivity index (χ4n) is 8.45. The minimum absolute atomic E-state index is 1.13. The van der Waals surface area contributed by atoms with Gasteiger partial charge in [-0.3, -0.25) is 9.13 Å². The normalized spacial score (nSPS) is 11.8. The molecule has 0 bridgehead atoms. The summed E-state index contributed by atoms with van der Waals surface area (Å²) in [5.41, 5.74) is 13.3. The third-order valence-electron chi connectivity index (χ3n) is 10.7. The van der Waals surface area contributed by atoms with E-state index in [0.717, 1.165) is 17.0 Å². The van der Waals surface area contributed by atoms with Crippen LogP contribution in [0.5, 0.6) is 0 Å². The van der Waals surface area contributed by atoms with Gasteiger partial charge in [0, 0.05) is 58.8 Å². The van der Waals surface area contributed by atoms with Gasteiger partial charge in [-0.1, -0.05) is 158 Å². The molecule has 0 fully saturated rings. The number of aromatic nitrogens is 2. The molecule has 0 radical (unpaired) electrons. The minimum atomic E-state index is 1.13. The summed E-state index contributed by atoms with van der Waals surface area (Å²) in [4.78, 5) is 0. The maximum atomic E-state index is 2.51. The second-order valence-electron chi connectivity index (χ2n) is 13.7. The molecular formula is C50H32N2S. The minimum Gasteiger partial charge on any atom is -0.294 e. The highest BCUT2D eigenvalue weighted by atomic mass is 32.1. The van der Waals surface area contributed by atoms with Crippen molar-refractivity contribution in [1.82, 2.24) is 9.13 Å². The van der Waals surface area contributed by atoms with Crippen LogP contribution in [0.3, 0.4) is 0 Å². The van der Waals surface area contributed by atoms with Gasteiger partial charge < -0.3 is 0 Å². The molecule has 0 amide bonds. The summed E-state index contributed by atoms with van der Waals surface area (Å²) in [6, 6.07) is 70.7. The van der Waals surface area contributed by atoms with Gasteiger partial charge in [0.05, 0.1) is 11.0 Å². The Morgan fingerprint density at radius 3 is 1.38 bits per heavy atom. The van der Waals surface area contributed by atoms with E-state index in [9.17, 15) is 0 Å². The third-order valence-corrected chi connectivity index (χ3v) is 11.9. The summed E-state index contributed by atoms with van der Waals surface area (Å²) < 4.78 is 7.63. The summed E-state index contributed by atoms with van der Waals surface area (Å²) in [6.07, 6.45) is 0. The molecule has 0 aliphatic heterocycles. The number of hydrogen-bond acceptors (Lipinski definition) is 1. The molecule has 0 saturated carbocycles. The Balaban J connectivity index is 1.26. The number of nitrogens with zero attached hydrogens (tertiary/aromatic N) is 2. The Bertz CT molecular complexity index is 3130. The molecule has 0 saturated heterocycles. The van der Waals surface area contributed by atoms with Crippen LogP contribution in [0.25, 0.3) is 97.8 Å². The van der Waals surface area contributed by atoms with E-state index in [1.807, 2.05) is 11.3 Å². The first kappa shape index (κ1) is 30.0. The smallest absolute Gasteiger partial charge is 0.131 e. The van der Waals surface area contributed by atoms with E-state index in [4.69, 9.17) is 0 Å². The van der Waals surface area contributed by atoms with Gasteiger partial charge in [0.25, 0.3) is 0 Å². The van der Waals surface area contributed by atoms with Crippen molar-refractivity contribution in [3.63, 3.8) is 0 Å². The van der Waals surface area contributed by atoms with Crippen molar-refractivity contribution in [2.45, 2.75) is 0 Å². The number of hydrogen-bond donors (Lipinski definition) is 0. The van der Waals surface area contributed by atoms with E-state index < -0.39 is 0 Å². The van der Waals surface area contributed by atoms with Gasteiger partial charge in [0.2, 0.25) is 0 Å². The monoisotopic (exact) mass is 692 g/mol. The summed E-state index contributed by atoms with van der Waals surface area (Å²) >= 11 is 1.89. The van der Waals surface area contributed by atoms with Crippen LogP contribution in [0.2, 0.25) is 0 Å². The summed E-state index contributed by atoms with van der Waals surface area (Å²) in [7, 11) is 0. The van der Waals surface area contributed by atoms with Crippen LogP contribution in [0, 0.1) is 0 Å². The van der Waals surface area contributed by atoms with Crippen molar-refractivity contribution in [1.29, 1.82) is 0 Å². The van der Waals surface area contributed by atoms with Crippen LogP contribution < -0.4 is 0 Å². The molecule has 0 atom stereocenters. The molecule has 248 valence electrons. The molecule has 2 nitrogen and oxygen atoms in total. The fourth-order valence-corrected chi connectivity index (χ4v) is 9.66. The second kappa shape index (κ2) is 11.9. The first-order valence-corrected chi connectivity index (χ1v) is 18.9. The molecule has 3 heterocycles. The molecule has 3 aromatic heterocycles. The number of para-hydroxylation sites is 4. The zero-order valence-corrected chi connectivity index (χ0v) is 29.6. The predicted octanol–water partition coefficient (Wildman–Crippen LogP) is 14.1. The number of thiophene rings is 1. The van der Waals surface area contributed by atoms with Crippen LogP contribution in [-0.4, -0.2) is 9.13 Å². The molecule has 0 aliphatic carbocycles. The van der Waals surface area contributed by atoms with Crippen LogP contribution in [0.4, 0.5) is 0 Å². The van der Waals surface area contributed by atoms with E-state index in [0.29, 0.717) is 0 Å². The zero-order valence-electron chi connectivity index (χ0n) is 28.8. The van der Waals surface area contributed by atoms with E-state index in [1.54, 1.807) is 0 Å². The highest BCUT2D eigenvalue weighted by Gasteiger charge is 2.26. The molecule has 0 N–H and O–H groups in total. The topological polar surface area (TPSA) is 9.86 Å². The second-order valence-corrected chi connectivity index (χ2v) is 14.7. The van der Waals surface area contributed by atoms with Crippen LogP contribution in [0.1, 0.15) is 0 Å². The highest BCUT2D eigenvalue weighted by Crippen LogP contribution is 2.47. The molecule has 0 aliphatic rings.